The fourth-order valence-corrected chi connectivity index (χ4v) is 4.39. The van der Waals surface area contributed by atoms with Gasteiger partial charge in [-0.15, -0.1) is 0 Å². The Bertz CT molecular complexity index is 825. The van der Waals surface area contributed by atoms with Crippen LogP contribution in [0.4, 0.5) is 5.95 Å². The third-order valence-corrected chi connectivity index (χ3v) is 6.02. The topological polar surface area (TPSA) is 61.4 Å². The maximum atomic E-state index is 12.7. The van der Waals surface area contributed by atoms with Crippen molar-refractivity contribution >= 4 is 23.5 Å². The zero-order valence-corrected chi connectivity index (χ0v) is 17.4. The number of anilines is 1. The van der Waals surface area contributed by atoms with E-state index in [4.69, 9.17) is 11.6 Å². The molecule has 154 valence electrons. The molecule has 3 heterocycles. The summed E-state index contributed by atoms with van der Waals surface area (Å²) in [6.07, 6.45) is 6.09. The number of nitrogens with zero attached hydrogens (tertiary/aromatic N) is 4. The molecule has 2 aliphatic rings. The predicted molar refractivity (Wildman–Crippen MR) is 115 cm³/mol. The van der Waals surface area contributed by atoms with E-state index in [0.717, 1.165) is 58.4 Å². The number of carbonyl (C=O) groups excluding carboxylic acids is 1. The van der Waals surface area contributed by atoms with Gasteiger partial charge in [-0.1, -0.05) is 41.9 Å². The SMILES string of the molecule is O=C(NCC1CCCN(Cc2ccccc2)C1)c1nc(N2CCCC2)ncc1Cl. The van der Waals surface area contributed by atoms with E-state index in [1.165, 1.54) is 5.56 Å². The Kier molecular flexibility index (Phi) is 6.62. The van der Waals surface area contributed by atoms with E-state index in [9.17, 15) is 4.79 Å². The van der Waals surface area contributed by atoms with Gasteiger partial charge in [0.25, 0.3) is 5.91 Å². The van der Waals surface area contributed by atoms with Crippen LogP contribution in [0.15, 0.2) is 36.5 Å². The number of carbonyl (C=O) groups is 1. The highest BCUT2D eigenvalue weighted by molar-refractivity contribution is 6.33. The molecule has 29 heavy (non-hydrogen) atoms. The molecule has 0 aliphatic carbocycles. The van der Waals surface area contributed by atoms with Gasteiger partial charge in [-0.25, -0.2) is 9.97 Å². The molecule has 7 heteroatoms. The number of aromatic nitrogens is 2. The third-order valence-electron chi connectivity index (χ3n) is 5.74. The van der Waals surface area contributed by atoms with Gasteiger partial charge in [-0.3, -0.25) is 9.69 Å². The van der Waals surface area contributed by atoms with Crippen LogP contribution in [0.2, 0.25) is 5.02 Å². The first-order chi connectivity index (χ1) is 14.2. The van der Waals surface area contributed by atoms with Gasteiger partial charge in [0.1, 0.15) is 0 Å². The van der Waals surface area contributed by atoms with Crippen LogP contribution in [0.5, 0.6) is 0 Å². The molecule has 1 amide bonds. The van der Waals surface area contributed by atoms with Crippen molar-refractivity contribution in [2.75, 3.05) is 37.6 Å². The normalized spacial score (nSPS) is 20.0. The van der Waals surface area contributed by atoms with Gasteiger partial charge >= 0.3 is 0 Å². The Hall–Kier alpha value is -2.18. The summed E-state index contributed by atoms with van der Waals surface area (Å²) in [6, 6.07) is 10.5. The third kappa shape index (κ3) is 5.25. The smallest absolute Gasteiger partial charge is 0.271 e. The molecule has 0 bridgehead atoms. The Morgan fingerprint density at radius 2 is 1.93 bits per heavy atom. The second-order valence-electron chi connectivity index (χ2n) is 8.00. The summed E-state index contributed by atoms with van der Waals surface area (Å²) < 4.78 is 0. The van der Waals surface area contributed by atoms with E-state index in [-0.39, 0.29) is 11.6 Å². The van der Waals surface area contributed by atoms with E-state index < -0.39 is 0 Å². The maximum Gasteiger partial charge on any atom is 0.271 e. The molecule has 4 rings (SSSR count). The molecule has 0 saturated carbocycles. The minimum atomic E-state index is -0.210. The second kappa shape index (κ2) is 9.55. The summed E-state index contributed by atoms with van der Waals surface area (Å²) in [5.41, 5.74) is 1.61. The standard InChI is InChI=1S/C22H28ClN5O/c23-19-14-25-22(28-11-4-5-12-28)26-20(19)21(29)24-13-18-9-6-10-27(16-18)15-17-7-2-1-3-8-17/h1-3,7-8,14,18H,4-6,9-13,15-16H2,(H,24,29). The predicted octanol–water partition coefficient (Wildman–Crippen LogP) is 3.37. The molecule has 0 radical (unpaired) electrons. The molecule has 1 aromatic heterocycles. The highest BCUT2D eigenvalue weighted by atomic mass is 35.5. The number of nitrogens with one attached hydrogen (secondary N) is 1. The molecule has 2 aliphatic heterocycles. The summed E-state index contributed by atoms with van der Waals surface area (Å²) in [6.45, 7) is 5.57. The van der Waals surface area contributed by atoms with E-state index in [1.807, 2.05) is 6.07 Å². The Labute approximate surface area is 177 Å². The highest BCUT2D eigenvalue weighted by Crippen LogP contribution is 2.21. The van der Waals surface area contributed by atoms with Gasteiger partial charge in [0.15, 0.2) is 5.69 Å². The van der Waals surface area contributed by atoms with Crippen LogP contribution in [0.1, 0.15) is 41.7 Å². The quantitative estimate of drug-likeness (QED) is 0.786. The van der Waals surface area contributed by atoms with Crippen LogP contribution in [-0.4, -0.2) is 53.5 Å². The first kappa shape index (κ1) is 20.1. The van der Waals surface area contributed by atoms with Gasteiger partial charge in [-0.05, 0) is 43.7 Å². The van der Waals surface area contributed by atoms with Crippen molar-refractivity contribution in [3.63, 3.8) is 0 Å². The lowest BCUT2D eigenvalue weighted by atomic mass is 9.97. The lowest BCUT2D eigenvalue weighted by molar-refractivity contribution is 0.0925. The summed E-state index contributed by atoms with van der Waals surface area (Å²) in [4.78, 5) is 26.1. The van der Waals surface area contributed by atoms with Crippen LogP contribution in [-0.2, 0) is 6.54 Å². The Morgan fingerprint density at radius 1 is 1.14 bits per heavy atom. The number of rotatable bonds is 6. The molecule has 6 nitrogen and oxygen atoms in total. The van der Waals surface area contributed by atoms with Crippen LogP contribution < -0.4 is 10.2 Å². The number of halogens is 1. The maximum absolute atomic E-state index is 12.7. The van der Waals surface area contributed by atoms with Crippen LogP contribution >= 0.6 is 11.6 Å². The van der Waals surface area contributed by atoms with Crippen molar-refractivity contribution in [3.8, 4) is 0 Å². The zero-order valence-electron chi connectivity index (χ0n) is 16.7. The molecule has 1 atom stereocenters. The minimum Gasteiger partial charge on any atom is -0.350 e. The molecule has 2 aromatic rings. The fraction of sp³-hybridized carbons (Fsp3) is 0.500. The molecule has 2 saturated heterocycles. The van der Waals surface area contributed by atoms with Crippen molar-refractivity contribution < 1.29 is 4.79 Å². The highest BCUT2D eigenvalue weighted by Gasteiger charge is 2.23. The average Bonchev–Trinajstić information content (AvgIpc) is 3.28. The molecule has 1 aromatic carbocycles. The van der Waals surface area contributed by atoms with Crippen LogP contribution in [0.25, 0.3) is 0 Å². The fourth-order valence-electron chi connectivity index (χ4n) is 4.21. The Balaban J connectivity index is 1.32. The molecule has 2 fully saturated rings. The largest absolute Gasteiger partial charge is 0.350 e. The number of likely N-dealkylation sites (tertiary alicyclic amines) is 1. The van der Waals surface area contributed by atoms with E-state index in [2.05, 4.69) is 49.4 Å². The number of hydrogen-bond acceptors (Lipinski definition) is 5. The van der Waals surface area contributed by atoms with Crippen LogP contribution in [0, 0.1) is 5.92 Å². The van der Waals surface area contributed by atoms with Gasteiger partial charge in [0.2, 0.25) is 5.95 Å². The summed E-state index contributed by atoms with van der Waals surface area (Å²) in [7, 11) is 0. The molecular weight excluding hydrogens is 386 g/mol. The van der Waals surface area contributed by atoms with E-state index >= 15 is 0 Å². The van der Waals surface area contributed by atoms with Gasteiger partial charge < -0.3 is 10.2 Å². The van der Waals surface area contributed by atoms with Gasteiger partial charge in [0, 0.05) is 32.7 Å². The lowest BCUT2D eigenvalue weighted by Crippen LogP contribution is -2.40. The van der Waals surface area contributed by atoms with E-state index in [0.29, 0.717) is 23.4 Å². The zero-order chi connectivity index (χ0) is 20.1. The van der Waals surface area contributed by atoms with Crippen molar-refractivity contribution in [2.24, 2.45) is 5.92 Å². The lowest BCUT2D eigenvalue weighted by Gasteiger charge is -2.32. The molecular formula is C22H28ClN5O. The van der Waals surface area contributed by atoms with Crippen molar-refractivity contribution in [1.82, 2.24) is 20.2 Å². The van der Waals surface area contributed by atoms with Gasteiger partial charge in [-0.2, -0.15) is 0 Å². The first-order valence-electron chi connectivity index (χ1n) is 10.5. The number of amides is 1. The monoisotopic (exact) mass is 413 g/mol. The van der Waals surface area contributed by atoms with E-state index in [1.54, 1.807) is 6.20 Å². The summed E-state index contributed by atoms with van der Waals surface area (Å²) >= 11 is 6.22. The second-order valence-corrected chi connectivity index (χ2v) is 8.41. The van der Waals surface area contributed by atoms with Gasteiger partial charge in [0.05, 0.1) is 11.2 Å². The number of benzene rings is 1. The van der Waals surface area contributed by atoms with Crippen molar-refractivity contribution in [1.29, 1.82) is 0 Å². The number of hydrogen-bond donors (Lipinski definition) is 1. The molecule has 0 spiro atoms. The van der Waals surface area contributed by atoms with Crippen molar-refractivity contribution in [2.45, 2.75) is 32.2 Å². The molecule has 1 unspecified atom stereocenters. The van der Waals surface area contributed by atoms with Crippen LogP contribution in [0.3, 0.4) is 0 Å². The average molecular weight is 414 g/mol. The summed E-state index contributed by atoms with van der Waals surface area (Å²) in [5.74, 6) is 0.830. The summed E-state index contributed by atoms with van der Waals surface area (Å²) in [5, 5.41) is 3.36. The number of piperidine rings is 1. The Morgan fingerprint density at radius 3 is 2.72 bits per heavy atom. The van der Waals surface area contributed by atoms with Crippen molar-refractivity contribution in [3.05, 3.63) is 52.8 Å². The first-order valence-corrected chi connectivity index (χ1v) is 10.9. The molecule has 1 N–H and O–H groups in total. The minimum absolute atomic E-state index is 0.210.